The summed E-state index contributed by atoms with van der Waals surface area (Å²) in [5.74, 6) is 3.10. The maximum Gasteiger partial charge on any atom is 0.262 e. The predicted octanol–water partition coefficient (Wildman–Crippen LogP) is 11.4. The van der Waals surface area contributed by atoms with E-state index in [4.69, 9.17) is 25.2 Å². The number of benzene rings is 6. The number of likely N-dealkylation sites (tertiary alicyclic amines) is 2. The number of hydrogen-bond acceptors (Lipinski definition) is 9. The fourth-order valence-corrected chi connectivity index (χ4v) is 12.8. The zero-order chi connectivity index (χ0) is 59.5. The second-order valence-corrected chi connectivity index (χ2v) is 23.4. The molecule has 86 heavy (non-hydrogen) atoms. The smallest absolute Gasteiger partial charge is 0.262 e. The average molecular weight is 1150 g/mol. The Bertz CT molecular complexity index is 3810. The highest BCUT2D eigenvalue weighted by molar-refractivity contribution is 5.83. The van der Waals surface area contributed by atoms with Crippen molar-refractivity contribution in [1.82, 2.24) is 38.0 Å². The number of amides is 2. The number of hydrogen-bond donors (Lipinski definition) is 1. The number of rotatable bonds is 20. The van der Waals surface area contributed by atoms with Crippen LogP contribution in [-0.4, -0.2) is 110 Å². The van der Waals surface area contributed by atoms with Gasteiger partial charge in [-0.3, -0.25) is 28.3 Å². The topological polar surface area (TPSA) is 165 Å². The second kappa shape index (κ2) is 27.7. The number of carbonyl (C=O) groups is 2. The van der Waals surface area contributed by atoms with Gasteiger partial charge in [-0.15, -0.1) is 0 Å². The van der Waals surface area contributed by atoms with Crippen molar-refractivity contribution in [3.05, 3.63) is 214 Å². The number of aromatic nitrogens is 6. The number of ether oxygens (including phenoxy) is 2. The minimum atomic E-state index is -0.291. The molecule has 4 atom stereocenters. The van der Waals surface area contributed by atoms with Crippen LogP contribution >= 0.6 is 0 Å². The van der Waals surface area contributed by atoms with Crippen LogP contribution in [0, 0.1) is 5.92 Å². The van der Waals surface area contributed by atoms with E-state index < -0.39 is 0 Å². The molecule has 12 rings (SSSR count). The number of nitrogens with zero attached hydrogens (tertiary/aromatic N) is 8. The number of carbonyl (C=O) groups excluding carboxylic acids is 2. The Morgan fingerprint density at radius 3 is 1.45 bits per heavy atom. The molecule has 0 unspecified atom stereocenters. The number of pyridine rings is 2. The van der Waals surface area contributed by atoms with E-state index >= 15 is 0 Å². The van der Waals surface area contributed by atoms with Crippen LogP contribution in [-0.2, 0) is 45.0 Å². The molecule has 6 aromatic carbocycles. The van der Waals surface area contributed by atoms with Crippen LogP contribution < -0.4 is 16.9 Å². The number of imidazole rings is 2. The molecule has 2 amide bonds. The number of para-hydroxylation sites is 4. The van der Waals surface area contributed by atoms with Crippen LogP contribution in [0.1, 0.15) is 92.9 Å². The van der Waals surface area contributed by atoms with Crippen molar-refractivity contribution < 1.29 is 19.1 Å². The van der Waals surface area contributed by atoms with E-state index in [1.165, 1.54) is 5.56 Å². The van der Waals surface area contributed by atoms with Crippen molar-refractivity contribution in [2.75, 3.05) is 53.6 Å². The molecule has 2 aliphatic rings. The molecule has 0 saturated carbocycles. The molecule has 0 radical (unpaired) electrons. The summed E-state index contributed by atoms with van der Waals surface area (Å²) in [5.41, 5.74) is 14.6. The Kier molecular flexibility index (Phi) is 19.1. The Labute approximate surface area is 502 Å². The lowest BCUT2D eigenvalue weighted by Crippen LogP contribution is -2.42. The molecule has 2 N–H and O–H groups in total. The molecule has 2 fully saturated rings. The summed E-state index contributed by atoms with van der Waals surface area (Å²) in [4.78, 5) is 66.9. The molecule has 0 bridgehead atoms. The summed E-state index contributed by atoms with van der Waals surface area (Å²) < 4.78 is 18.6. The van der Waals surface area contributed by atoms with Gasteiger partial charge in [-0.1, -0.05) is 91.9 Å². The normalized spacial score (nSPS) is 16.1. The van der Waals surface area contributed by atoms with Gasteiger partial charge in [0.2, 0.25) is 11.8 Å². The zero-order valence-corrected chi connectivity index (χ0v) is 49.8. The maximum atomic E-state index is 13.5. The first kappa shape index (κ1) is 59.2. The lowest BCUT2D eigenvalue weighted by Gasteiger charge is -2.33. The Morgan fingerprint density at radius 1 is 0.547 bits per heavy atom. The molecular formula is C71H79N9O6. The SMILES string of the molecule is COCCCn1c([C@@H]2CCCN(C(=O)C[C@H](C)Cc3ccc(-n4ccc5ccccc5c4=O)cc3)C2)nc2ccccc21.COCCCn1c([C@@H]2CCCN(C(=O)C[C@H](N)Cc3ccc(-n4ccc5ccccc5c4=O)cc3)C2)nc2ccccc21. The van der Waals surface area contributed by atoms with Gasteiger partial charge in [-0.25, -0.2) is 9.97 Å². The van der Waals surface area contributed by atoms with Crippen molar-refractivity contribution in [3.63, 3.8) is 0 Å². The van der Waals surface area contributed by atoms with Crippen molar-refractivity contribution in [1.29, 1.82) is 0 Å². The van der Waals surface area contributed by atoms with E-state index in [2.05, 4.69) is 69.5 Å². The van der Waals surface area contributed by atoms with Crippen LogP contribution in [0.2, 0.25) is 0 Å². The summed E-state index contributed by atoms with van der Waals surface area (Å²) in [6.45, 7) is 8.20. The minimum Gasteiger partial charge on any atom is -0.385 e. The summed E-state index contributed by atoms with van der Waals surface area (Å²) in [6, 6.07) is 51.5. The molecule has 0 spiro atoms. The van der Waals surface area contributed by atoms with Gasteiger partial charge in [-0.2, -0.15) is 0 Å². The predicted molar refractivity (Wildman–Crippen MR) is 342 cm³/mol. The molecule has 15 heteroatoms. The molecule has 6 heterocycles. The van der Waals surface area contributed by atoms with Crippen LogP contribution in [0.15, 0.2) is 180 Å². The van der Waals surface area contributed by atoms with E-state index in [0.29, 0.717) is 56.3 Å². The van der Waals surface area contributed by atoms with Gasteiger partial charge >= 0.3 is 0 Å². The fraction of sp³-hybridized carbons (Fsp3) is 0.352. The van der Waals surface area contributed by atoms with E-state index in [9.17, 15) is 19.2 Å². The minimum absolute atomic E-state index is 0.0183. The molecule has 10 aromatic rings. The van der Waals surface area contributed by atoms with Gasteiger partial charge in [-0.05, 0) is 152 Å². The van der Waals surface area contributed by atoms with E-state index in [0.717, 1.165) is 133 Å². The molecular weight excluding hydrogens is 1070 g/mol. The quantitative estimate of drug-likeness (QED) is 0.0731. The molecule has 0 aliphatic carbocycles. The average Bonchev–Trinajstić information content (AvgIpc) is 4.26. The highest BCUT2D eigenvalue weighted by Crippen LogP contribution is 2.33. The molecule has 444 valence electrons. The van der Waals surface area contributed by atoms with Gasteiger partial charge in [0.15, 0.2) is 0 Å². The van der Waals surface area contributed by atoms with Gasteiger partial charge < -0.3 is 34.1 Å². The van der Waals surface area contributed by atoms with Crippen LogP contribution in [0.5, 0.6) is 0 Å². The van der Waals surface area contributed by atoms with Crippen molar-refractivity contribution in [3.8, 4) is 11.4 Å². The number of nitrogens with two attached hydrogens (primary N) is 1. The number of aryl methyl sites for hydroxylation is 2. The first-order valence-electron chi connectivity index (χ1n) is 30.6. The first-order chi connectivity index (χ1) is 42.0. The van der Waals surface area contributed by atoms with Gasteiger partial charge in [0, 0.05) is 132 Å². The molecule has 2 aliphatic heterocycles. The third kappa shape index (κ3) is 13.6. The van der Waals surface area contributed by atoms with Crippen molar-refractivity contribution in [2.45, 2.75) is 102 Å². The zero-order valence-electron chi connectivity index (χ0n) is 49.8. The molecule has 4 aromatic heterocycles. The first-order valence-corrected chi connectivity index (χ1v) is 30.6. The third-order valence-corrected chi connectivity index (χ3v) is 17.2. The van der Waals surface area contributed by atoms with Crippen LogP contribution in [0.4, 0.5) is 0 Å². The van der Waals surface area contributed by atoms with E-state index in [1.807, 2.05) is 126 Å². The Balaban J connectivity index is 0.000000179. The lowest BCUT2D eigenvalue weighted by atomic mass is 9.94. The van der Waals surface area contributed by atoms with Crippen molar-refractivity contribution >= 4 is 55.4 Å². The van der Waals surface area contributed by atoms with Gasteiger partial charge in [0.05, 0.1) is 22.1 Å². The summed E-state index contributed by atoms with van der Waals surface area (Å²) in [5, 5.41) is 3.28. The number of methoxy groups -OCH3 is 2. The summed E-state index contributed by atoms with van der Waals surface area (Å²) in [7, 11) is 3.47. The fourth-order valence-electron chi connectivity index (χ4n) is 12.8. The third-order valence-electron chi connectivity index (χ3n) is 17.2. The largest absolute Gasteiger partial charge is 0.385 e. The van der Waals surface area contributed by atoms with Gasteiger partial charge in [0.1, 0.15) is 11.6 Å². The molecule has 15 nitrogen and oxygen atoms in total. The standard InChI is InChI=1S/C36H40N4O3.C35H39N5O3/c1-26(23-27-14-16-30(17-15-27)39-21-18-28-9-3-4-11-31(28)36(39)42)24-34(41)38-19-7-10-29(25-38)35-37-32-12-5-6-13-33(32)40(35)20-8-22-43-2;1-43-21-7-19-40-32-12-5-4-11-31(32)37-34(40)27-9-6-18-38(24-27)33(41)23-28(36)22-25-13-15-29(16-14-25)39-20-17-26-8-2-3-10-30(26)35(39)42/h3-6,9,11-18,21,26,29H,7-8,10,19-20,22-25H2,1-2H3;2-5,8,10-17,20,27-28H,6-7,9,18-19,21-24,36H2,1H3/t26-,29-;27-,28-/m11/s1. The van der Waals surface area contributed by atoms with Crippen LogP contribution in [0.3, 0.4) is 0 Å². The summed E-state index contributed by atoms with van der Waals surface area (Å²) in [6.07, 6.45) is 11.7. The lowest BCUT2D eigenvalue weighted by molar-refractivity contribution is -0.133. The Morgan fingerprint density at radius 2 is 0.977 bits per heavy atom. The highest BCUT2D eigenvalue weighted by Gasteiger charge is 2.31. The number of fused-ring (bicyclic) bond motifs is 4. The number of piperidine rings is 2. The van der Waals surface area contributed by atoms with Gasteiger partial charge in [0.25, 0.3) is 11.1 Å². The highest BCUT2D eigenvalue weighted by atomic mass is 16.5. The van der Waals surface area contributed by atoms with Crippen LogP contribution in [0.25, 0.3) is 55.0 Å². The van der Waals surface area contributed by atoms with E-state index in [1.54, 1.807) is 23.4 Å². The van der Waals surface area contributed by atoms with Crippen molar-refractivity contribution in [2.24, 2.45) is 11.7 Å². The summed E-state index contributed by atoms with van der Waals surface area (Å²) >= 11 is 0. The Hall–Kier alpha value is -8.50. The monoisotopic (exact) mass is 1150 g/mol. The van der Waals surface area contributed by atoms with E-state index in [-0.39, 0.29) is 46.7 Å². The maximum absolute atomic E-state index is 13.5. The second-order valence-electron chi connectivity index (χ2n) is 23.4. The molecule has 2 saturated heterocycles.